The van der Waals surface area contributed by atoms with Gasteiger partial charge in [-0.1, -0.05) is 12.6 Å². The largest absolute Gasteiger partial charge is 0.370 e. The van der Waals surface area contributed by atoms with Crippen LogP contribution >= 0.6 is 0 Å². The Balaban J connectivity index is 2.82. The van der Waals surface area contributed by atoms with Gasteiger partial charge in [0, 0.05) is 5.69 Å². The molecular formula is C11H15NO. The molecular weight excluding hydrogens is 162 g/mol. The van der Waals surface area contributed by atoms with E-state index in [-0.39, 0.29) is 0 Å². The van der Waals surface area contributed by atoms with E-state index in [4.69, 9.17) is 0 Å². The summed E-state index contributed by atoms with van der Waals surface area (Å²) in [4.78, 5) is 0. The highest BCUT2D eigenvalue weighted by Crippen LogP contribution is 2.14. The van der Waals surface area contributed by atoms with Crippen molar-refractivity contribution < 1.29 is 5.11 Å². The highest BCUT2D eigenvalue weighted by molar-refractivity contribution is 5.49. The average Bonchev–Trinajstić information content (AvgIpc) is 2.02. The molecule has 1 unspecified atom stereocenters. The molecule has 0 aliphatic heterocycles. The second-order valence-corrected chi connectivity index (χ2v) is 3.20. The molecule has 0 spiro atoms. The van der Waals surface area contributed by atoms with Crippen molar-refractivity contribution in [3.8, 4) is 0 Å². The maximum Gasteiger partial charge on any atom is 0.143 e. The van der Waals surface area contributed by atoms with Gasteiger partial charge in [-0.25, -0.2) is 0 Å². The number of aryl methyl sites for hydroxylation is 2. The van der Waals surface area contributed by atoms with Crippen molar-refractivity contribution in [2.75, 3.05) is 5.32 Å². The molecule has 0 heterocycles. The minimum absolute atomic E-state index is 0.679. The van der Waals surface area contributed by atoms with Gasteiger partial charge in [0.15, 0.2) is 0 Å². The van der Waals surface area contributed by atoms with Gasteiger partial charge in [-0.2, -0.15) is 0 Å². The number of hydrogen-bond acceptors (Lipinski definition) is 2. The van der Waals surface area contributed by atoms with Gasteiger partial charge in [0.1, 0.15) is 6.23 Å². The molecule has 0 amide bonds. The molecule has 0 fully saturated rings. The van der Waals surface area contributed by atoms with E-state index < -0.39 is 6.23 Å². The van der Waals surface area contributed by atoms with Crippen molar-refractivity contribution in [1.82, 2.24) is 0 Å². The molecule has 0 bridgehead atoms. The lowest BCUT2D eigenvalue weighted by Crippen LogP contribution is -2.14. The van der Waals surface area contributed by atoms with Crippen molar-refractivity contribution >= 4 is 5.69 Å². The third-order valence-electron chi connectivity index (χ3n) is 1.76. The Hall–Kier alpha value is -1.28. The van der Waals surface area contributed by atoms with Crippen molar-refractivity contribution in [3.05, 3.63) is 42.0 Å². The number of anilines is 1. The number of hydrogen-bond donors (Lipinski definition) is 2. The van der Waals surface area contributed by atoms with Crippen molar-refractivity contribution in [2.24, 2.45) is 0 Å². The monoisotopic (exact) mass is 177 g/mol. The van der Waals surface area contributed by atoms with Crippen LogP contribution in [0.4, 0.5) is 5.69 Å². The first kappa shape index (κ1) is 9.81. The average molecular weight is 177 g/mol. The molecule has 1 aromatic rings. The SMILES string of the molecule is C=CC(O)Nc1cc(C)cc(C)c1. The Morgan fingerprint density at radius 2 is 1.85 bits per heavy atom. The zero-order valence-electron chi connectivity index (χ0n) is 8.04. The highest BCUT2D eigenvalue weighted by Gasteiger charge is 1.98. The predicted molar refractivity (Wildman–Crippen MR) is 55.7 cm³/mol. The van der Waals surface area contributed by atoms with Gasteiger partial charge in [0.25, 0.3) is 0 Å². The number of benzene rings is 1. The van der Waals surface area contributed by atoms with Gasteiger partial charge in [0.2, 0.25) is 0 Å². The first-order chi connectivity index (χ1) is 6.11. The van der Waals surface area contributed by atoms with Gasteiger partial charge < -0.3 is 10.4 Å². The van der Waals surface area contributed by atoms with E-state index >= 15 is 0 Å². The fourth-order valence-electron chi connectivity index (χ4n) is 1.29. The van der Waals surface area contributed by atoms with Crippen LogP contribution in [0.1, 0.15) is 11.1 Å². The summed E-state index contributed by atoms with van der Waals surface area (Å²) in [5.41, 5.74) is 3.28. The van der Waals surface area contributed by atoms with Gasteiger partial charge in [-0.15, -0.1) is 0 Å². The molecule has 13 heavy (non-hydrogen) atoms. The Kier molecular flexibility index (Phi) is 3.09. The molecule has 1 rings (SSSR count). The quantitative estimate of drug-likeness (QED) is 0.548. The Labute approximate surface area is 78.9 Å². The summed E-state index contributed by atoms with van der Waals surface area (Å²) < 4.78 is 0. The number of aliphatic hydroxyl groups is 1. The molecule has 0 aromatic heterocycles. The summed E-state index contributed by atoms with van der Waals surface area (Å²) in [6.45, 7) is 7.54. The summed E-state index contributed by atoms with van der Waals surface area (Å²) in [6, 6.07) is 6.06. The van der Waals surface area contributed by atoms with Crippen LogP contribution < -0.4 is 5.32 Å². The zero-order valence-corrected chi connectivity index (χ0v) is 8.04. The van der Waals surface area contributed by atoms with E-state index in [0.717, 1.165) is 5.69 Å². The van der Waals surface area contributed by atoms with Crippen molar-refractivity contribution in [1.29, 1.82) is 0 Å². The predicted octanol–water partition coefficient (Wildman–Crippen LogP) is 2.22. The molecule has 1 aromatic carbocycles. The van der Waals surface area contributed by atoms with Crippen LogP contribution in [0.3, 0.4) is 0 Å². The molecule has 1 atom stereocenters. The van der Waals surface area contributed by atoms with E-state index in [9.17, 15) is 5.11 Å². The minimum atomic E-state index is -0.679. The Bertz CT molecular complexity index is 287. The molecule has 0 radical (unpaired) electrons. The maximum atomic E-state index is 9.26. The third-order valence-corrected chi connectivity index (χ3v) is 1.76. The second kappa shape index (κ2) is 4.10. The standard InChI is InChI=1S/C11H15NO/c1-4-11(13)12-10-6-8(2)5-9(3)7-10/h4-7,11-13H,1H2,2-3H3. The normalized spacial score (nSPS) is 12.2. The van der Waals surface area contributed by atoms with Crippen LogP contribution in [0.5, 0.6) is 0 Å². The van der Waals surface area contributed by atoms with E-state index in [0.29, 0.717) is 0 Å². The summed E-state index contributed by atoms with van der Waals surface area (Å²) in [7, 11) is 0. The fourth-order valence-corrected chi connectivity index (χ4v) is 1.29. The summed E-state index contributed by atoms with van der Waals surface area (Å²) >= 11 is 0. The van der Waals surface area contributed by atoms with Crippen molar-refractivity contribution in [3.63, 3.8) is 0 Å². The van der Waals surface area contributed by atoms with E-state index in [1.807, 2.05) is 26.0 Å². The molecule has 0 saturated heterocycles. The topological polar surface area (TPSA) is 32.3 Å². The van der Waals surface area contributed by atoms with E-state index in [2.05, 4.69) is 18.0 Å². The fraction of sp³-hybridized carbons (Fsp3) is 0.273. The maximum absolute atomic E-state index is 9.26. The summed E-state index contributed by atoms with van der Waals surface area (Å²) in [5, 5.41) is 12.2. The molecule has 0 aliphatic carbocycles. The molecule has 0 aliphatic rings. The number of nitrogens with one attached hydrogen (secondary N) is 1. The summed E-state index contributed by atoms with van der Waals surface area (Å²) in [5.74, 6) is 0. The zero-order chi connectivity index (χ0) is 9.84. The van der Waals surface area contributed by atoms with Crippen LogP contribution in [0.2, 0.25) is 0 Å². The lowest BCUT2D eigenvalue weighted by Gasteiger charge is -2.11. The van der Waals surface area contributed by atoms with E-state index in [1.54, 1.807) is 0 Å². The first-order valence-electron chi connectivity index (χ1n) is 4.27. The van der Waals surface area contributed by atoms with Crippen molar-refractivity contribution in [2.45, 2.75) is 20.1 Å². The first-order valence-corrected chi connectivity index (χ1v) is 4.27. The lowest BCUT2D eigenvalue weighted by molar-refractivity contribution is 0.253. The van der Waals surface area contributed by atoms with Gasteiger partial charge in [-0.3, -0.25) is 0 Å². The molecule has 0 saturated carbocycles. The van der Waals surface area contributed by atoms with Crippen LogP contribution in [-0.4, -0.2) is 11.3 Å². The lowest BCUT2D eigenvalue weighted by atomic mass is 10.1. The van der Waals surface area contributed by atoms with Gasteiger partial charge >= 0.3 is 0 Å². The number of rotatable bonds is 3. The van der Waals surface area contributed by atoms with Crippen LogP contribution in [-0.2, 0) is 0 Å². The highest BCUT2D eigenvalue weighted by atomic mass is 16.3. The van der Waals surface area contributed by atoms with Crippen LogP contribution in [0.15, 0.2) is 30.9 Å². The van der Waals surface area contributed by atoms with Gasteiger partial charge in [-0.05, 0) is 43.2 Å². The third kappa shape index (κ3) is 2.92. The van der Waals surface area contributed by atoms with Gasteiger partial charge in [0.05, 0.1) is 0 Å². The molecule has 2 heteroatoms. The van der Waals surface area contributed by atoms with Crippen LogP contribution in [0, 0.1) is 13.8 Å². The molecule has 2 N–H and O–H groups in total. The Morgan fingerprint density at radius 1 is 1.31 bits per heavy atom. The van der Waals surface area contributed by atoms with Crippen LogP contribution in [0.25, 0.3) is 0 Å². The minimum Gasteiger partial charge on any atom is -0.370 e. The smallest absolute Gasteiger partial charge is 0.143 e. The van der Waals surface area contributed by atoms with E-state index in [1.165, 1.54) is 17.2 Å². The molecule has 70 valence electrons. The summed E-state index contributed by atoms with van der Waals surface area (Å²) in [6.07, 6.45) is 0.777. The Morgan fingerprint density at radius 3 is 2.31 bits per heavy atom. The number of aliphatic hydroxyl groups excluding tert-OH is 1. The second-order valence-electron chi connectivity index (χ2n) is 3.20. The molecule has 2 nitrogen and oxygen atoms in total.